The van der Waals surface area contributed by atoms with Gasteiger partial charge in [0, 0.05) is 18.0 Å². The Morgan fingerprint density at radius 3 is 2.62 bits per heavy atom. The zero-order chi connectivity index (χ0) is 12.3. The number of rotatable bonds is 3. The number of pyridine rings is 1. The van der Waals surface area contributed by atoms with Crippen molar-refractivity contribution in [2.24, 2.45) is 5.73 Å². The molecule has 90 valence electrons. The molecule has 0 amide bonds. The summed E-state index contributed by atoms with van der Waals surface area (Å²) in [5.74, 6) is 0.554. The maximum absolute atomic E-state index is 12.3. The topological polar surface area (TPSA) is 38.9 Å². The zero-order valence-corrected chi connectivity index (χ0v) is 9.96. The third-order valence-electron chi connectivity index (χ3n) is 1.62. The Hall–Kier alpha value is -0.460. The fourth-order valence-corrected chi connectivity index (χ4v) is 1.97. The van der Waals surface area contributed by atoms with Gasteiger partial charge in [-0.2, -0.15) is 13.2 Å². The van der Waals surface area contributed by atoms with Crippen molar-refractivity contribution in [1.29, 1.82) is 0 Å². The molecule has 0 bridgehead atoms. The van der Waals surface area contributed by atoms with E-state index in [1.165, 1.54) is 11.8 Å². The number of thioether (sulfide) groups is 1. The minimum Gasteiger partial charge on any atom is -0.327 e. The molecular formula is C9H10ClF3N2S. The van der Waals surface area contributed by atoms with E-state index in [9.17, 15) is 13.2 Å². The average Bonchev–Trinajstić information content (AvgIpc) is 2.14. The van der Waals surface area contributed by atoms with Gasteiger partial charge in [-0.05, 0) is 13.0 Å². The molecule has 1 atom stereocenters. The summed E-state index contributed by atoms with van der Waals surface area (Å²) in [6.45, 7) is 1.80. The smallest absolute Gasteiger partial charge is 0.327 e. The number of aromatic nitrogens is 1. The normalized spacial score (nSPS) is 13.9. The van der Waals surface area contributed by atoms with Crippen LogP contribution in [-0.2, 0) is 6.18 Å². The van der Waals surface area contributed by atoms with Crippen molar-refractivity contribution < 1.29 is 13.2 Å². The van der Waals surface area contributed by atoms with Gasteiger partial charge < -0.3 is 5.73 Å². The van der Waals surface area contributed by atoms with Crippen LogP contribution in [0.2, 0.25) is 5.02 Å². The number of alkyl halides is 3. The third kappa shape index (κ3) is 3.84. The van der Waals surface area contributed by atoms with Crippen LogP contribution < -0.4 is 5.73 Å². The molecule has 2 nitrogen and oxygen atoms in total. The Morgan fingerprint density at radius 2 is 2.19 bits per heavy atom. The lowest BCUT2D eigenvalue weighted by molar-refractivity contribution is -0.137. The lowest BCUT2D eigenvalue weighted by Gasteiger charge is -2.09. The molecule has 0 saturated heterocycles. The van der Waals surface area contributed by atoms with E-state index >= 15 is 0 Å². The molecule has 2 N–H and O–H groups in total. The summed E-state index contributed by atoms with van der Waals surface area (Å²) in [5, 5.41) is 0.368. The molecule has 1 aromatic rings. The van der Waals surface area contributed by atoms with E-state index in [4.69, 9.17) is 17.3 Å². The van der Waals surface area contributed by atoms with Gasteiger partial charge in [-0.25, -0.2) is 4.98 Å². The summed E-state index contributed by atoms with van der Waals surface area (Å²) in [7, 11) is 0. The Labute approximate surface area is 100 Å². The van der Waals surface area contributed by atoms with Crippen LogP contribution in [0.25, 0.3) is 0 Å². The second-order valence-corrected chi connectivity index (χ2v) is 4.71. The van der Waals surface area contributed by atoms with Crippen molar-refractivity contribution in [3.8, 4) is 0 Å². The first-order chi connectivity index (χ1) is 7.30. The summed E-state index contributed by atoms with van der Waals surface area (Å²) in [6.07, 6.45) is -3.64. The van der Waals surface area contributed by atoms with Gasteiger partial charge in [-0.15, -0.1) is 11.8 Å². The van der Waals surface area contributed by atoms with Gasteiger partial charge in [0.1, 0.15) is 5.03 Å². The molecule has 16 heavy (non-hydrogen) atoms. The SMILES string of the molecule is CC(N)CSc1ncc(C(F)(F)F)cc1Cl. The van der Waals surface area contributed by atoms with Crippen LogP contribution in [0.5, 0.6) is 0 Å². The molecule has 0 aliphatic heterocycles. The molecular weight excluding hydrogens is 261 g/mol. The molecule has 0 aliphatic carbocycles. The maximum Gasteiger partial charge on any atom is 0.417 e. The van der Waals surface area contributed by atoms with Gasteiger partial charge in [0.15, 0.2) is 0 Å². The molecule has 0 saturated carbocycles. The van der Waals surface area contributed by atoms with Gasteiger partial charge in [0.25, 0.3) is 0 Å². The predicted molar refractivity (Wildman–Crippen MR) is 58.6 cm³/mol. The van der Waals surface area contributed by atoms with Gasteiger partial charge in [0.05, 0.1) is 10.6 Å². The van der Waals surface area contributed by atoms with E-state index < -0.39 is 11.7 Å². The Bertz CT molecular complexity index is 368. The van der Waals surface area contributed by atoms with E-state index in [0.717, 1.165) is 12.3 Å². The van der Waals surface area contributed by atoms with E-state index in [2.05, 4.69) is 4.98 Å². The monoisotopic (exact) mass is 270 g/mol. The Balaban J connectivity index is 2.84. The van der Waals surface area contributed by atoms with Gasteiger partial charge >= 0.3 is 6.18 Å². The molecule has 0 radical (unpaired) electrons. The van der Waals surface area contributed by atoms with Gasteiger partial charge in [-0.1, -0.05) is 11.6 Å². The fourth-order valence-electron chi connectivity index (χ4n) is 0.897. The lowest BCUT2D eigenvalue weighted by atomic mass is 10.3. The lowest BCUT2D eigenvalue weighted by Crippen LogP contribution is -2.17. The first kappa shape index (κ1) is 13.6. The number of hydrogen-bond donors (Lipinski definition) is 1. The molecule has 0 aliphatic rings. The number of nitrogens with two attached hydrogens (primary N) is 1. The van der Waals surface area contributed by atoms with E-state index in [1.807, 2.05) is 0 Å². The van der Waals surface area contributed by atoms with Crippen molar-refractivity contribution in [2.45, 2.75) is 24.2 Å². The molecule has 1 aromatic heterocycles. The molecule has 0 aromatic carbocycles. The highest BCUT2D eigenvalue weighted by Crippen LogP contribution is 2.33. The molecule has 0 fully saturated rings. The Kier molecular flexibility index (Phi) is 4.46. The van der Waals surface area contributed by atoms with Crippen LogP contribution in [0.1, 0.15) is 12.5 Å². The van der Waals surface area contributed by atoms with Crippen LogP contribution >= 0.6 is 23.4 Å². The largest absolute Gasteiger partial charge is 0.417 e. The van der Waals surface area contributed by atoms with E-state index in [1.54, 1.807) is 6.92 Å². The van der Waals surface area contributed by atoms with Crippen molar-refractivity contribution in [3.05, 3.63) is 22.8 Å². The van der Waals surface area contributed by atoms with Gasteiger partial charge in [0.2, 0.25) is 0 Å². The molecule has 0 spiro atoms. The Morgan fingerprint density at radius 1 is 1.56 bits per heavy atom. The van der Waals surface area contributed by atoms with Crippen molar-refractivity contribution >= 4 is 23.4 Å². The standard InChI is InChI=1S/C9H10ClF3N2S/c1-5(14)4-16-8-7(10)2-6(3-15-8)9(11,12)13/h2-3,5H,4,14H2,1H3. The summed E-state index contributed by atoms with van der Waals surface area (Å²) in [5.41, 5.74) is 4.67. The molecule has 1 unspecified atom stereocenters. The summed E-state index contributed by atoms with van der Waals surface area (Å²) in [6, 6.07) is 0.808. The minimum atomic E-state index is -4.42. The summed E-state index contributed by atoms with van der Waals surface area (Å²) < 4.78 is 36.9. The van der Waals surface area contributed by atoms with Crippen LogP contribution in [0, 0.1) is 0 Å². The first-order valence-electron chi connectivity index (χ1n) is 4.42. The third-order valence-corrected chi connectivity index (χ3v) is 3.31. The molecule has 1 heterocycles. The highest BCUT2D eigenvalue weighted by molar-refractivity contribution is 7.99. The van der Waals surface area contributed by atoms with Crippen molar-refractivity contribution in [1.82, 2.24) is 4.98 Å². The van der Waals surface area contributed by atoms with Gasteiger partial charge in [-0.3, -0.25) is 0 Å². The van der Waals surface area contributed by atoms with E-state index in [-0.39, 0.29) is 11.1 Å². The molecule has 1 rings (SSSR count). The quantitative estimate of drug-likeness (QED) is 0.858. The second-order valence-electron chi connectivity index (χ2n) is 3.30. The van der Waals surface area contributed by atoms with Crippen molar-refractivity contribution in [3.63, 3.8) is 0 Å². The van der Waals surface area contributed by atoms with Crippen LogP contribution in [-0.4, -0.2) is 16.8 Å². The van der Waals surface area contributed by atoms with Crippen LogP contribution in [0.15, 0.2) is 17.3 Å². The minimum absolute atomic E-state index is 0.000440. The predicted octanol–water partition coefficient (Wildman–Crippen LogP) is 3.19. The van der Waals surface area contributed by atoms with Crippen LogP contribution in [0.4, 0.5) is 13.2 Å². The number of hydrogen-bond acceptors (Lipinski definition) is 3. The highest BCUT2D eigenvalue weighted by atomic mass is 35.5. The van der Waals surface area contributed by atoms with Crippen LogP contribution in [0.3, 0.4) is 0 Å². The number of nitrogens with zero attached hydrogens (tertiary/aromatic N) is 1. The van der Waals surface area contributed by atoms with Crippen molar-refractivity contribution in [2.75, 3.05) is 5.75 Å². The molecule has 7 heteroatoms. The first-order valence-corrected chi connectivity index (χ1v) is 5.78. The number of halogens is 4. The fraction of sp³-hybridized carbons (Fsp3) is 0.444. The summed E-state index contributed by atoms with van der Waals surface area (Å²) in [4.78, 5) is 3.67. The van der Waals surface area contributed by atoms with E-state index in [0.29, 0.717) is 10.8 Å². The highest BCUT2D eigenvalue weighted by Gasteiger charge is 2.31. The zero-order valence-electron chi connectivity index (χ0n) is 8.38. The summed E-state index contributed by atoms with van der Waals surface area (Å²) >= 11 is 6.93. The average molecular weight is 271 g/mol. The maximum atomic E-state index is 12.3. The second kappa shape index (κ2) is 5.25.